The third-order valence-corrected chi connectivity index (χ3v) is 3.59. The van der Waals surface area contributed by atoms with E-state index >= 15 is 0 Å². The largest absolute Gasteiger partial charge is 0.481 e. The number of nitrogens with two attached hydrogens (primary N) is 1. The van der Waals surface area contributed by atoms with Crippen molar-refractivity contribution in [2.75, 3.05) is 0 Å². The van der Waals surface area contributed by atoms with E-state index in [1.165, 1.54) is 0 Å². The van der Waals surface area contributed by atoms with Gasteiger partial charge in [0, 0.05) is 12.3 Å². The van der Waals surface area contributed by atoms with Crippen LogP contribution in [0.5, 0.6) is 0 Å². The molecule has 2 atom stereocenters. The molecule has 142 valence electrons. The highest BCUT2D eigenvalue weighted by Crippen LogP contribution is 2.09. The van der Waals surface area contributed by atoms with Gasteiger partial charge in [0.05, 0.1) is 6.42 Å². The summed E-state index contributed by atoms with van der Waals surface area (Å²) in [6.07, 6.45) is -0.918. The first-order valence-corrected chi connectivity index (χ1v) is 7.95. The molecular weight excluding hydrogens is 342 g/mol. The van der Waals surface area contributed by atoms with Gasteiger partial charge in [-0.2, -0.15) is 0 Å². The van der Waals surface area contributed by atoms with Crippen molar-refractivity contribution in [1.82, 2.24) is 10.6 Å². The summed E-state index contributed by atoms with van der Waals surface area (Å²) in [5.41, 5.74) is 4.20. The molecule has 0 bridgehead atoms. The second-order valence-electron chi connectivity index (χ2n) is 6.24. The number of aliphatic carboxylic acids is 2. The number of benzene rings is 1. The molecule has 1 rings (SSSR count). The number of carboxylic acids is 2. The molecule has 9 heteroatoms. The zero-order valence-corrected chi connectivity index (χ0v) is 14.6. The van der Waals surface area contributed by atoms with Crippen LogP contribution in [-0.2, 0) is 25.6 Å². The molecule has 0 unspecified atom stereocenters. The maximum atomic E-state index is 12.5. The zero-order valence-electron chi connectivity index (χ0n) is 14.6. The van der Waals surface area contributed by atoms with Crippen molar-refractivity contribution in [2.45, 2.75) is 38.4 Å². The first kappa shape index (κ1) is 21.1. The number of carbonyl (C=O) groups excluding carboxylic acids is 2. The van der Waals surface area contributed by atoms with Gasteiger partial charge >= 0.3 is 11.9 Å². The van der Waals surface area contributed by atoms with Crippen LogP contribution in [0.2, 0.25) is 0 Å². The average Bonchev–Trinajstić information content (AvgIpc) is 2.53. The van der Waals surface area contributed by atoms with Crippen LogP contribution in [0.25, 0.3) is 0 Å². The lowest BCUT2D eigenvalue weighted by atomic mass is 10.0. The molecule has 0 aromatic heterocycles. The van der Waals surface area contributed by atoms with Gasteiger partial charge in [-0.1, -0.05) is 44.2 Å². The van der Waals surface area contributed by atoms with E-state index in [-0.39, 0.29) is 6.42 Å². The molecule has 0 saturated heterocycles. The Balaban J connectivity index is 2.98. The summed E-state index contributed by atoms with van der Waals surface area (Å²) in [7, 11) is 0. The van der Waals surface area contributed by atoms with Gasteiger partial charge in [0.2, 0.25) is 5.91 Å². The van der Waals surface area contributed by atoms with Crippen molar-refractivity contribution in [2.24, 2.45) is 11.7 Å². The quantitative estimate of drug-likeness (QED) is 0.376. The zero-order chi connectivity index (χ0) is 19.9. The van der Waals surface area contributed by atoms with E-state index in [1.54, 1.807) is 44.2 Å². The van der Waals surface area contributed by atoms with Crippen LogP contribution in [0.15, 0.2) is 30.3 Å². The molecule has 2 amide bonds. The van der Waals surface area contributed by atoms with Gasteiger partial charge in [-0.25, -0.2) is 4.79 Å². The highest BCUT2D eigenvalue weighted by molar-refractivity contribution is 5.96. The minimum atomic E-state index is -2.27. The van der Waals surface area contributed by atoms with Crippen molar-refractivity contribution in [3.63, 3.8) is 0 Å². The third kappa shape index (κ3) is 6.17. The number of amides is 2. The van der Waals surface area contributed by atoms with E-state index in [4.69, 9.17) is 10.8 Å². The lowest BCUT2D eigenvalue weighted by Crippen LogP contribution is -2.68. The Labute approximate surface area is 150 Å². The lowest BCUT2D eigenvalue weighted by molar-refractivity contribution is -0.146. The smallest absolute Gasteiger partial charge is 0.326 e. The van der Waals surface area contributed by atoms with Crippen molar-refractivity contribution in [3.05, 3.63) is 35.9 Å². The molecule has 9 nitrogen and oxygen atoms in total. The monoisotopic (exact) mass is 365 g/mol. The second-order valence-corrected chi connectivity index (χ2v) is 6.24. The molecular formula is C17H23N3O6. The molecule has 0 radical (unpaired) electrons. The van der Waals surface area contributed by atoms with E-state index in [2.05, 4.69) is 10.6 Å². The van der Waals surface area contributed by atoms with Gasteiger partial charge in [0.1, 0.15) is 6.04 Å². The summed E-state index contributed by atoms with van der Waals surface area (Å²) in [5.74, 6) is -4.98. The predicted molar refractivity (Wildman–Crippen MR) is 91.9 cm³/mol. The topological polar surface area (TPSA) is 159 Å². The van der Waals surface area contributed by atoms with Gasteiger partial charge in [-0.05, 0) is 5.56 Å². The van der Waals surface area contributed by atoms with E-state index in [0.717, 1.165) is 0 Å². The molecule has 0 heterocycles. The molecule has 6 N–H and O–H groups in total. The van der Waals surface area contributed by atoms with Crippen LogP contribution < -0.4 is 16.4 Å². The number of hydrogen-bond acceptors (Lipinski definition) is 5. The Kier molecular flexibility index (Phi) is 7.27. The first-order valence-electron chi connectivity index (χ1n) is 7.95. The van der Waals surface area contributed by atoms with Crippen LogP contribution >= 0.6 is 0 Å². The minimum absolute atomic E-state index is 0.0246. The average molecular weight is 365 g/mol. The number of carboxylic acid groups (broad SMARTS) is 2. The maximum Gasteiger partial charge on any atom is 0.326 e. The molecule has 0 aliphatic heterocycles. The van der Waals surface area contributed by atoms with Gasteiger partial charge < -0.3 is 26.6 Å². The third-order valence-electron chi connectivity index (χ3n) is 3.59. The second kappa shape index (κ2) is 8.95. The maximum absolute atomic E-state index is 12.5. The summed E-state index contributed by atoms with van der Waals surface area (Å²) in [6.45, 7) is 3.09. The Bertz CT molecular complexity index is 676. The lowest BCUT2D eigenvalue weighted by Gasteiger charge is -2.30. The van der Waals surface area contributed by atoms with E-state index in [0.29, 0.717) is 5.56 Å². The molecule has 1 aromatic carbocycles. The standard InChI is InChI=1S/C17H23N3O6/c1-10(2)14(23)20-17(18,9-13(21)22)16(26)19-12(15(24)25)8-11-6-4-3-5-7-11/h3-7,10,12H,8-9,18H2,1-2H3,(H,19,26)(H,20,23)(H,21,22)(H,24,25)/t12-,17-/m0/s1. The Morgan fingerprint density at radius 1 is 1.12 bits per heavy atom. The molecule has 0 spiro atoms. The van der Waals surface area contributed by atoms with E-state index < -0.39 is 47.8 Å². The molecule has 0 fully saturated rings. The normalized spacial score (nSPS) is 14.2. The fourth-order valence-corrected chi connectivity index (χ4v) is 2.12. The summed E-state index contributed by atoms with van der Waals surface area (Å²) in [5, 5.41) is 22.7. The SMILES string of the molecule is CC(C)C(=O)N[C@@](N)(CC(=O)O)C(=O)N[C@@H](Cc1ccccc1)C(=O)O. The highest BCUT2D eigenvalue weighted by atomic mass is 16.4. The minimum Gasteiger partial charge on any atom is -0.481 e. The molecule has 26 heavy (non-hydrogen) atoms. The van der Waals surface area contributed by atoms with Crippen LogP contribution in [0, 0.1) is 5.92 Å². The summed E-state index contributed by atoms with van der Waals surface area (Å²) < 4.78 is 0. The van der Waals surface area contributed by atoms with Gasteiger partial charge in [-0.3, -0.25) is 14.4 Å². The van der Waals surface area contributed by atoms with Crippen molar-refractivity contribution in [3.8, 4) is 0 Å². The van der Waals surface area contributed by atoms with E-state index in [1.807, 2.05) is 0 Å². The van der Waals surface area contributed by atoms with Crippen molar-refractivity contribution in [1.29, 1.82) is 0 Å². The number of rotatable bonds is 9. The fraction of sp³-hybridized carbons (Fsp3) is 0.412. The number of carbonyl (C=O) groups is 4. The number of nitrogens with one attached hydrogen (secondary N) is 2. The first-order chi connectivity index (χ1) is 12.0. The summed E-state index contributed by atoms with van der Waals surface area (Å²) in [6, 6.07) is 7.24. The number of hydrogen-bond donors (Lipinski definition) is 5. The Morgan fingerprint density at radius 2 is 1.69 bits per heavy atom. The Morgan fingerprint density at radius 3 is 2.15 bits per heavy atom. The van der Waals surface area contributed by atoms with Gasteiger partial charge in [0.25, 0.3) is 5.91 Å². The molecule has 0 aliphatic rings. The van der Waals surface area contributed by atoms with Crippen LogP contribution in [0.4, 0.5) is 0 Å². The predicted octanol–water partition coefficient (Wildman–Crippen LogP) is -0.300. The molecule has 1 aromatic rings. The molecule has 0 saturated carbocycles. The van der Waals surface area contributed by atoms with Crippen LogP contribution in [0.1, 0.15) is 25.8 Å². The summed E-state index contributed by atoms with van der Waals surface area (Å²) >= 11 is 0. The van der Waals surface area contributed by atoms with Crippen LogP contribution in [0.3, 0.4) is 0 Å². The van der Waals surface area contributed by atoms with Crippen molar-refractivity contribution >= 4 is 23.8 Å². The fourth-order valence-electron chi connectivity index (χ4n) is 2.12. The Hall–Kier alpha value is -2.94. The van der Waals surface area contributed by atoms with Gasteiger partial charge in [0.15, 0.2) is 5.66 Å². The van der Waals surface area contributed by atoms with Crippen LogP contribution in [-0.4, -0.2) is 45.7 Å². The van der Waals surface area contributed by atoms with E-state index in [9.17, 15) is 24.3 Å². The highest BCUT2D eigenvalue weighted by Gasteiger charge is 2.40. The summed E-state index contributed by atoms with van der Waals surface area (Å²) in [4.78, 5) is 46.9. The van der Waals surface area contributed by atoms with Crippen molar-refractivity contribution < 1.29 is 29.4 Å². The van der Waals surface area contributed by atoms with Gasteiger partial charge in [-0.15, -0.1) is 0 Å². The molecule has 0 aliphatic carbocycles.